The van der Waals surface area contributed by atoms with Gasteiger partial charge in [-0.3, -0.25) is 9.69 Å². The molecule has 0 radical (unpaired) electrons. The van der Waals surface area contributed by atoms with Crippen LogP contribution in [0.2, 0.25) is 0 Å². The molecular weight excluding hydrogens is 242 g/mol. The fourth-order valence-corrected chi connectivity index (χ4v) is 2.44. The van der Waals surface area contributed by atoms with Gasteiger partial charge in [0.1, 0.15) is 0 Å². The van der Waals surface area contributed by atoms with Gasteiger partial charge in [-0.25, -0.2) is 0 Å². The first-order chi connectivity index (χ1) is 9.26. The van der Waals surface area contributed by atoms with Crippen molar-refractivity contribution < 1.29 is 9.53 Å². The Morgan fingerprint density at radius 2 is 2.16 bits per heavy atom. The number of rotatable bonds is 9. The number of hydrogen-bond donors (Lipinski definition) is 2. The highest BCUT2D eigenvalue weighted by molar-refractivity contribution is 5.77. The number of ether oxygens (including phenoxy) is 1. The maximum atomic E-state index is 11.8. The monoisotopic (exact) mass is 271 g/mol. The zero-order valence-corrected chi connectivity index (χ0v) is 12.4. The molecule has 1 saturated heterocycles. The van der Waals surface area contributed by atoms with Crippen molar-refractivity contribution in [2.45, 2.75) is 26.2 Å². The lowest BCUT2D eigenvalue weighted by Gasteiger charge is -2.28. The van der Waals surface area contributed by atoms with Gasteiger partial charge in [0, 0.05) is 26.8 Å². The van der Waals surface area contributed by atoms with E-state index >= 15 is 0 Å². The van der Waals surface area contributed by atoms with Crippen LogP contribution in [0.15, 0.2) is 0 Å². The first kappa shape index (κ1) is 16.4. The molecule has 1 amide bonds. The van der Waals surface area contributed by atoms with Crippen LogP contribution in [0.1, 0.15) is 26.2 Å². The number of methoxy groups -OCH3 is 1. The molecule has 2 N–H and O–H groups in total. The minimum absolute atomic E-state index is 0.131. The number of piperidine rings is 1. The molecule has 5 nitrogen and oxygen atoms in total. The van der Waals surface area contributed by atoms with Crippen LogP contribution in [0.5, 0.6) is 0 Å². The molecule has 1 heterocycles. The Morgan fingerprint density at radius 3 is 2.79 bits per heavy atom. The molecule has 112 valence electrons. The summed E-state index contributed by atoms with van der Waals surface area (Å²) in [5, 5.41) is 6.32. The molecular formula is C14H29N3O2. The second-order valence-electron chi connectivity index (χ2n) is 5.22. The summed E-state index contributed by atoms with van der Waals surface area (Å²) in [6.45, 7) is 8.27. The summed E-state index contributed by atoms with van der Waals surface area (Å²) in [7, 11) is 1.68. The fraction of sp³-hybridized carbons (Fsp3) is 0.929. The number of likely N-dealkylation sites (N-methyl/N-ethyl adjacent to an activating group) is 1. The van der Waals surface area contributed by atoms with Crippen molar-refractivity contribution >= 4 is 5.91 Å². The largest absolute Gasteiger partial charge is 0.385 e. The summed E-state index contributed by atoms with van der Waals surface area (Å²) in [4.78, 5) is 14.1. The van der Waals surface area contributed by atoms with Crippen LogP contribution in [0, 0.1) is 5.92 Å². The molecule has 0 saturated carbocycles. The van der Waals surface area contributed by atoms with E-state index in [1.807, 2.05) is 0 Å². The lowest BCUT2D eigenvalue weighted by atomic mass is 9.97. The lowest BCUT2D eigenvalue weighted by Crippen LogP contribution is -2.41. The highest BCUT2D eigenvalue weighted by atomic mass is 16.5. The van der Waals surface area contributed by atoms with Gasteiger partial charge < -0.3 is 15.4 Å². The van der Waals surface area contributed by atoms with Crippen LogP contribution < -0.4 is 10.6 Å². The first-order valence-electron chi connectivity index (χ1n) is 7.45. The molecule has 0 aromatic carbocycles. The molecule has 1 rings (SSSR count). The third kappa shape index (κ3) is 7.50. The van der Waals surface area contributed by atoms with E-state index in [1.165, 1.54) is 12.8 Å². The van der Waals surface area contributed by atoms with Gasteiger partial charge in [0.25, 0.3) is 0 Å². The van der Waals surface area contributed by atoms with E-state index in [2.05, 4.69) is 22.5 Å². The van der Waals surface area contributed by atoms with Crippen molar-refractivity contribution in [3.8, 4) is 0 Å². The topological polar surface area (TPSA) is 53.6 Å². The minimum Gasteiger partial charge on any atom is -0.385 e. The summed E-state index contributed by atoms with van der Waals surface area (Å²) in [5.41, 5.74) is 0. The van der Waals surface area contributed by atoms with Crippen LogP contribution >= 0.6 is 0 Å². The molecule has 0 aromatic heterocycles. The van der Waals surface area contributed by atoms with E-state index in [4.69, 9.17) is 4.74 Å². The Kier molecular flexibility index (Phi) is 8.79. The lowest BCUT2D eigenvalue weighted by molar-refractivity contribution is -0.122. The molecule has 0 spiro atoms. The molecule has 0 aliphatic carbocycles. The smallest absolute Gasteiger partial charge is 0.234 e. The molecule has 1 aliphatic rings. The number of nitrogens with one attached hydrogen (secondary N) is 2. The standard InChI is InChI=1S/C14H29N3O2/c1-3-17(11-13-5-8-15-9-6-13)12-14(18)16-7-4-10-19-2/h13,15H,3-12H2,1-2H3,(H,16,18). The SMILES string of the molecule is CCN(CC(=O)NCCCOC)CC1CCNCC1. The molecule has 5 heteroatoms. The summed E-state index contributed by atoms with van der Waals surface area (Å²) in [5.74, 6) is 0.870. The second-order valence-corrected chi connectivity index (χ2v) is 5.22. The minimum atomic E-state index is 0.131. The number of hydrogen-bond acceptors (Lipinski definition) is 4. The Bertz CT molecular complexity index is 243. The highest BCUT2D eigenvalue weighted by Gasteiger charge is 2.17. The van der Waals surface area contributed by atoms with Crippen molar-refractivity contribution in [3.63, 3.8) is 0 Å². The molecule has 0 aromatic rings. The van der Waals surface area contributed by atoms with Crippen molar-refractivity contribution in [2.24, 2.45) is 5.92 Å². The predicted molar refractivity (Wildman–Crippen MR) is 77.2 cm³/mol. The molecule has 0 unspecified atom stereocenters. The maximum absolute atomic E-state index is 11.8. The first-order valence-corrected chi connectivity index (χ1v) is 7.45. The van der Waals surface area contributed by atoms with Gasteiger partial charge in [-0.05, 0) is 44.8 Å². The molecule has 0 atom stereocenters. The molecule has 1 aliphatic heterocycles. The van der Waals surface area contributed by atoms with Crippen LogP contribution in [0.25, 0.3) is 0 Å². The number of amides is 1. The second kappa shape index (κ2) is 10.2. The van der Waals surface area contributed by atoms with E-state index in [-0.39, 0.29) is 5.91 Å². The average Bonchev–Trinajstić information content (AvgIpc) is 2.44. The van der Waals surface area contributed by atoms with Gasteiger partial charge in [-0.1, -0.05) is 6.92 Å². The predicted octanol–water partition coefficient (Wildman–Crippen LogP) is 0.461. The van der Waals surface area contributed by atoms with Crippen molar-refractivity contribution in [3.05, 3.63) is 0 Å². The van der Waals surface area contributed by atoms with Crippen molar-refractivity contribution in [2.75, 3.05) is 53.0 Å². The third-order valence-corrected chi connectivity index (χ3v) is 3.64. The quantitative estimate of drug-likeness (QED) is 0.598. The Hall–Kier alpha value is -0.650. The van der Waals surface area contributed by atoms with Crippen molar-refractivity contribution in [1.29, 1.82) is 0 Å². The van der Waals surface area contributed by atoms with Crippen LogP contribution in [0.4, 0.5) is 0 Å². The van der Waals surface area contributed by atoms with Crippen LogP contribution in [0.3, 0.4) is 0 Å². The average molecular weight is 271 g/mol. The van der Waals surface area contributed by atoms with E-state index in [1.54, 1.807) is 7.11 Å². The van der Waals surface area contributed by atoms with Crippen LogP contribution in [-0.2, 0) is 9.53 Å². The van der Waals surface area contributed by atoms with E-state index in [9.17, 15) is 4.79 Å². The Morgan fingerprint density at radius 1 is 1.42 bits per heavy atom. The van der Waals surface area contributed by atoms with E-state index in [0.717, 1.165) is 38.5 Å². The van der Waals surface area contributed by atoms with Crippen LogP contribution in [-0.4, -0.2) is 63.8 Å². The number of nitrogens with zero attached hydrogens (tertiary/aromatic N) is 1. The summed E-state index contributed by atoms with van der Waals surface area (Å²) < 4.78 is 4.96. The molecule has 0 bridgehead atoms. The summed E-state index contributed by atoms with van der Waals surface area (Å²) in [6, 6.07) is 0. The third-order valence-electron chi connectivity index (χ3n) is 3.64. The zero-order chi connectivity index (χ0) is 13.9. The molecule has 1 fully saturated rings. The van der Waals surface area contributed by atoms with Gasteiger partial charge in [0.2, 0.25) is 5.91 Å². The number of carbonyl (C=O) groups excluding carboxylic acids is 1. The van der Waals surface area contributed by atoms with Gasteiger partial charge in [0.05, 0.1) is 6.54 Å². The number of carbonyl (C=O) groups is 1. The van der Waals surface area contributed by atoms with Gasteiger partial charge in [0.15, 0.2) is 0 Å². The summed E-state index contributed by atoms with van der Waals surface area (Å²) >= 11 is 0. The maximum Gasteiger partial charge on any atom is 0.234 e. The highest BCUT2D eigenvalue weighted by Crippen LogP contribution is 2.13. The molecule has 19 heavy (non-hydrogen) atoms. The van der Waals surface area contributed by atoms with E-state index in [0.29, 0.717) is 19.7 Å². The fourth-order valence-electron chi connectivity index (χ4n) is 2.44. The van der Waals surface area contributed by atoms with E-state index < -0.39 is 0 Å². The van der Waals surface area contributed by atoms with Gasteiger partial charge >= 0.3 is 0 Å². The van der Waals surface area contributed by atoms with Crippen molar-refractivity contribution in [1.82, 2.24) is 15.5 Å². The van der Waals surface area contributed by atoms with Gasteiger partial charge in [-0.2, -0.15) is 0 Å². The Labute approximate surface area is 117 Å². The Balaban J connectivity index is 2.17. The normalized spacial score (nSPS) is 16.8. The summed E-state index contributed by atoms with van der Waals surface area (Å²) in [6.07, 6.45) is 3.33. The zero-order valence-electron chi connectivity index (χ0n) is 12.4. The van der Waals surface area contributed by atoms with Gasteiger partial charge in [-0.15, -0.1) is 0 Å².